The number of carbonyl (C=O) groups is 1. The molecule has 0 aliphatic rings. The summed E-state index contributed by atoms with van der Waals surface area (Å²) in [6.07, 6.45) is 0.131. The van der Waals surface area contributed by atoms with Crippen molar-refractivity contribution in [3.05, 3.63) is 29.3 Å². The van der Waals surface area contributed by atoms with E-state index in [1.54, 1.807) is 26.2 Å². The van der Waals surface area contributed by atoms with Crippen molar-refractivity contribution in [1.29, 1.82) is 0 Å². The van der Waals surface area contributed by atoms with E-state index in [-0.39, 0.29) is 23.8 Å². The summed E-state index contributed by atoms with van der Waals surface area (Å²) >= 11 is 0. The molecule has 0 fully saturated rings. The van der Waals surface area contributed by atoms with Gasteiger partial charge in [0.1, 0.15) is 0 Å². The maximum Gasteiger partial charge on any atom is 0.240 e. The van der Waals surface area contributed by atoms with Crippen molar-refractivity contribution in [1.82, 2.24) is 9.62 Å². The van der Waals surface area contributed by atoms with Crippen LogP contribution in [-0.4, -0.2) is 39.9 Å². The summed E-state index contributed by atoms with van der Waals surface area (Å²) in [6.45, 7) is 2.27. The number of benzene rings is 1. The molecule has 0 atom stereocenters. The number of nitrogens with zero attached hydrogens (tertiary/aromatic N) is 1. The number of nitrogens with one attached hydrogen (secondary N) is 1. The Morgan fingerprint density at radius 3 is 2.50 bits per heavy atom. The van der Waals surface area contributed by atoms with Crippen LogP contribution in [0.4, 0.5) is 0 Å². The summed E-state index contributed by atoms with van der Waals surface area (Å²) in [5.74, 6) is -0.123. The van der Waals surface area contributed by atoms with Gasteiger partial charge in [0, 0.05) is 33.6 Å². The third kappa shape index (κ3) is 4.29. The predicted octanol–water partition coefficient (Wildman–Crippen LogP) is 0.210. The summed E-state index contributed by atoms with van der Waals surface area (Å²) in [5.41, 5.74) is 7.29. The lowest BCUT2D eigenvalue weighted by Crippen LogP contribution is -2.30. The van der Waals surface area contributed by atoms with Gasteiger partial charge in [-0.1, -0.05) is 6.07 Å². The predicted molar refractivity (Wildman–Crippen MR) is 77.6 cm³/mol. The Morgan fingerprint density at radius 2 is 2.00 bits per heavy atom. The van der Waals surface area contributed by atoms with Gasteiger partial charge in [0.15, 0.2) is 0 Å². The first-order chi connectivity index (χ1) is 9.27. The van der Waals surface area contributed by atoms with Crippen LogP contribution < -0.4 is 10.5 Å². The molecule has 1 aromatic rings. The minimum atomic E-state index is -3.59. The first-order valence-electron chi connectivity index (χ1n) is 6.27. The third-order valence-corrected chi connectivity index (χ3v) is 4.43. The smallest absolute Gasteiger partial charge is 0.240 e. The van der Waals surface area contributed by atoms with Crippen molar-refractivity contribution >= 4 is 15.9 Å². The fraction of sp³-hybridized carbons (Fsp3) is 0.462. The standard InChI is InChI=1S/C13H21N3O3S/c1-10-8-12(5-4-11(10)9-14)20(18,19)15-7-6-13(17)16(2)3/h4-5,8,15H,6-7,9,14H2,1-3H3. The van der Waals surface area contributed by atoms with Gasteiger partial charge in [-0.25, -0.2) is 13.1 Å². The highest BCUT2D eigenvalue weighted by molar-refractivity contribution is 7.89. The number of amides is 1. The minimum Gasteiger partial charge on any atom is -0.349 e. The molecule has 0 aliphatic heterocycles. The second-order valence-electron chi connectivity index (χ2n) is 4.73. The van der Waals surface area contributed by atoms with Crippen molar-refractivity contribution < 1.29 is 13.2 Å². The molecule has 0 heterocycles. The van der Waals surface area contributed by atoms with Gasteiger partial charge < -0.3 is 10.6 Å². The fourth-order valence-corrected chi connectivity index (χ4v) is 2.78. The number of sulfonamides is 1. The van der Waals surface area contributed by atoms with E-state index in [0.717, 1.165) is 11.1 Å². The average Bonchev–Trinajstić information content (AvgIpc) is 2.38. The Bertz CT molecular complexity index is 583. The van der Waals surface area contributed by atoms with E-state index in [4.69, 9.17) is 5.73 Å². The second kappa shape index (κ2) is 6.83. The van der Waals surface area contributed by atoms with Gasteiger partial charge in [0.2, 0.25) is 15.9 Å². The molecule has 0 saturated carbocycles. The van der Waals surface area contributed by atoms with E-state index in [0.29, 0.717) is 6.54 Å². The van der Waals surface area contributed by atoms with E-state index >= 15 is 0 Å². The Morgan fingerprint density at radius 1 is 1.35 bits per heavy atom. The highest BCUT2D eigenvalue weighted by atomic mass is 32.2. The largest absolute Gasteiger partial charge is 0.349 e. The molecular formula is C13H21N3O3S. The second-order valence-corrected chi connectivity index (χ2v) is 6.50. The molecule has 1 rings (SSSR count). The van der Waals surface area contributed by atoms with Gasteiger partial charge in [0.25, 0.3) is 0 Å². The molecule has 20 heavy (non-hydrogen) atoms. The van der Waals surface area contributed by atoms with E-state index in [1.807, 2.05) is 6.92 Å². The zero-order chi connectivity index (χ0) is 15.3. The lowest BCUT2D eigenvalue weighted by Gasteiger charge is -2.11. The van der Waals surface area contributed by atoms with Crippen molar-refractivity contribution in [3.63, 3.8) is 0 Å². The maximum absolute atomic E-state index is 12.1. The van der Waals surface area contributed by atoms with Gasteiger partial charge >= 0.3 is 0 Å². The van der Waals surface area contributed by atoms with Gasteiger partial charge in [0.05, 0.1) is 4.90 Å². The van der Waals surface area contributed by atoms with Crippen LogP contribution in [0.15, 0.2) is 23.1 Å². The molecule has 6 nitrogen and oxygen atoms in total. The quantitative estimate of drug-likeness (QED) is 0.785. The molecule has 3 N–H and O–H groups in total. The monoisotopic (exact) mass is 299 g/mol. The first-order valence-corrected chi connectivity index (χ1v) is 7.75. The number of hydrogen-bond donors (Lipinski definition) is 2. The SMILES string of the molecule is Cc1cc(S(=O)(=O)NCCC(=O)N(C)C)ccc1CN. The van der Waals surface area contributed by atoms with E-state index in [9.17, 15) is 13.2 Å². The van der Waals surface area contributed by atoms with Crippen LogP contribution in [0.25, 0.3) is 0 Å². The molecular weight excluding hydrogens is 278 g/mol. The maximum atomic E-state index is 12.1. The van der Waals surface area contributed by atoms with Crippen molar-refractivity contribution in [3.8, 4) is 0 Å². The van der Waals surface area contributed by atoms with Crippen LogP contribution in [0, 0.1) is 6.92 Å². The molecule has 7 heteroatoms. The Balaban J connectivity index is 2.74. The van der Waals surface area contributed by atoms with Crippen LogP contribution in [0.3, 0.4) is 0 Å². The van der Waals surface area contributed by atoms with E-state index in [1.165, 1.54) is 11.0 Å². The topological polar surface area (TPSA) is 92.5 Å². The van der Waals surface area contributed by atoms with Crippen LogP contribution in [0.5, 0.6) is 0 Å². The van der Waals surface area contributed by atoms with Crippen LogP contribution in [0.1, 0.15) is 17.5 Å². The number of carbonyl (C=O) groups excluding carboxylic acids is 1. The molecule has 0 aromatic heterocycles. The van der Waals surface area contributed by atoms with Gasteiger partial charge in [-0.2, -0.15) is 0 Å². The summed E-state index contributed by atoms with van der Waals surface area (Å²) in [6, 6.07) is 4.80. The minimum absolute atomic E-state index is 0.0804. The summed E-state index contributed by atoms with van der Waals surface area (Å²) in [7, 11) is -0.329. The molecule has 112 valence electrons. The molecule has 0 bridgehead atoms. The lowest BCUT2D eigenvalue weighted by molar-refractivity contribution is -0.128. The van der Waals surface area contributed by atoms with Crippen LogP contribution in [0.2, 0.25) is 0 Å². The number of aryl methyl sites for hydroxylation is 1. The number of rotatable bonds is 6. The summed E-state index contributed by atoms with van der Waals surface area (Å²) in [5, 5.41) is 0. The van der Waals surface area contributed by atoms with Crippen LogP contribution in [-0.2, 0) is 21.4 Å². The van der Waals surface area contributed by atoms with Gasteiger partial charge in [-0.3, -0.25) is 4.79 Å². The average molecular weight is 299 g/mol. The highest BCUT2D eigenvalue weighted by Gasteiger charge is 2.15. The molecule has 0 radical (unpaired) electrons. The Labute approximate surface area is 120 Å². The summed E-state index contributed by atoms with van der Waals surface area (Å²) < 4.78 is 26.6. The normalized spacial score (nSPS) is 11.4. The fourth-order valence-electron chi connectivity index (χ4n) is 1.66. The molecule has 0 saturated heterocycles. The zero-order valence-corrected chi connectivity index (χ0v) is 12.8. The van der Waals surface area contributed by atoms with Crippen molar-refractivity contribution in [2.75, 3.05) is 20.6 Å². The highest BCUT2D eigenvalue weighted by Crippen LogP contribution is 2.15. The van der Waals surface area contributed by atoms with Gasteiger partial charge in [-0.05, 0) is 30.2 Å². The van der Waals surface area contributed by atoms with E-state index < -0.39 is 10.0 Å². The molecule has 0 unspecified atom stereocenters. The first kappa shape index (κ1) is 16.6. The zero-order valence-electron chi connectivity index (χ0n) is 12.0. The molecule has 0 aliphatic carbocycles. The Hall–Kier alpha value is -1.44. The van der Waals surface area contributed by atoms with Crippen molar-refractivity contribution in [2.24, 2.45) is 5.73 Å². The summed E-state index contributed by atoms with van der Waals surface area (Å²) in [4.78, 5) is 13.0. The lowest BCUT2D eigenvalue weighted by atomic mass is 10.1. The van der Waals surface area contributed by atoms with Gasteiger partial charge in [-0.15, -0.1) is 0 Å². The van der Waals surface area contributed by atoms with Crippen LogP contribution >= 0.6 is 0 Å². The molecule has 1 aromatic carbocycles. The van der Waals surface area contributed by atoms with E-state index in [2.05, 4.69) is 4.72 Å². The number of hydrogen-bond acceptors (Lipinski definition) is 4. The Kier molecular flexibility index (Phi) is 5.67. The molecule has 1 amide bonds. The number of nitrogens with two attached hydrogens (primary N) is 1. The third-order valence-electron chi connectivity index (χ3n) is 2.97. The molecule has 0 spiro atoms. The van der Waals surface area contributed by atoms with Crippen molar-refractivity contribution in [2.45, 2.75) is 24.8 Å².